The van der Waals surface area contributed by atoms with Crippen LogP contribution in [0.4, 0.5) is 0 Å². The Kier molecular flexibility index (Phi) is 7.19. The van der Waals surface area contributed by atoms with E-state index in [9.17, 15) is 19.3 Å². The van der Waals surface area contributed by atoms with Crippen LogP contribution in [0.15, 0.2) is 96.7 Å². The van der Waals surface area contributed by atoms with E-state index in [1.807, 2.05) is 0 Å². The van der Waals surface area contributed by atoms with Gasteiger partial charge < -0.3 is 14.9 Å². The normalized spacial score (nSPS) is 13.6. The molecular weight excluding hydrogens is 413 g/mol. The average molecular weight is 435 g/mol. The quantitative estimate of drug-likeness (QED) is 0.401. The average Bonchev–Trinajstić information content (AvgIpc) is 2.80. The molecule has 0 aliphatic heterocycles. The minimum Gasteiger partial charge on any atom is -0.477 e. The number of rotatable bonds is 8. The standard InChI is InChI=1S/C24H22NO5P/c1-2-30-31(29,20-16-10-5-11-17-20)22(18-12-6-3-7-13-18)21(24(27)28)25-23(26)19-14-8-4-9-15-19/h3-17H,2H2,1H3,(H,25,26)(H,27,28)/b22-21+/t31-/m1/s1. The molecule has 3 aromatic carbocycles. The number of carboxylic acid groups (broad SMARTS) is 1. The molecule has 31 heavy (non-hydrogen) atoms. The van der Waals surface area contributed by atoms with Gasteiger partial charge in [0, 0.05) is 10.9 Å². The van der Waals surface area contributed by atoms with Crippen molar-refractivity contribution in [1.82, 2.24) is 5.32 Å². The summed E-state index contributed by atoms with van der Waals surface area (Å²) in [5.74, 6) is -2.04. The zero-order valence-corrected chi connectivity index (χ0v) is 17.8. The molecule has 0 bridgehead atoms. The SMILES string of the molecule is CCO[P@@](=O)(/C(=C(/NC(=O)c1ccccc1)C(=O)O)c1ccccc1)c1ccccc1. The third-order valence-corrected chi connectivity index (χ3v) is 7.14. The number of benzene rings is 3. The molecule has 158 valence electrons. The Morgan fingerprint density at radius 3 is 1.81 bits per heavy atom. The molecule has 0 aromatic heterocycles. The van der Waals surface area contributed by atoms with E-state index >= 15 is 0 Å². The van der Waals surface area contributed by atoms with Crippen molar-refractivity contribution in [2.45, 2.75) is 6.92 Å². The van der Waals surface area contributed by atoms with Crippen LogP contribution < -0.4 is 10.6 Å². The van der Waals surface area contributed by atoms with Crippen molar-refractivity contribution < 1.29 is 23.8 Å². The van der Waals surface area contributed by atoms with E-state index in [1.54, 1.807) is 97.9 Å². The molecule has 0 fully saturated rings. The van der Waals surface area contributed by atoms with E-state index in [2.05, 4.69) is 5.32 Å². The summed E-state index contributed by atoms with van der Waals surface area (Å²) >= 11 is 0. The fourth-order valence-corrected chi connectivity index (χ4v) is 5.52. The van der Waals surface area contributed by atoms with Crippen LogP contribution in [-0.4, -0.2) is 23.6 Å². The van der Waals surface area contributed by atoms with Crippen LogP contribution in [0.1, 0.15) is 22.8 Å². The topological polar surface area (TPSA) is 92.7 Å². The van der Waals surface area contributed by atoms with E-state index in [0.717, 1.165) is 0 Å². The summed E-state index contributed by atoms with van der Waals surface area (Å²) in [5.41, 5.74) is 0.175. The molecule has 0 saturated heterocycles. The van der Waals surface area contributed by atoms with Gasteiger partial charge in [0.25, 0.3) is 13.3 Å². The molecule has 0 heterocycles. The molecule has 0 aliphatic carbocycles. The summed E-state index contributed by atoms with van der Waals surface area (Å²) in [4.78, 5) is 25.1. The summed E-state index contributed by atoms with van der Waals surface area (Å²) in [7, 11) is -3.88. The first-order valence-electron chi connectivity index (χ1n) is 9.67. The lowest BCUT2D eigenvalue weighted by Gasteiger charge is -2.24. The molecule has 1 atom stereocenters. The summed E-state index contributed by atoms with van der Waals surface area (Å²) in [6, 6.07) is 25.1. The second-order valence-electron chi connectivity index (χ2n) is 6.52. The first kappa shape index (κ1) is 22.2. The van der Waals surface area contributed by atoms with E-state index in [4.69, 9.17) is 4.52 Å². The molecule has 0 aliphatic rings. The largest absolute Gasteiger partial charge is 0.477 e. The lowest BCUT2D eigenvalue weighted by molar-refractivity contribution is -0.132. The summed E-state index contributed by atoms with van der Waals surface area (Å²) in [6.45, 7) is 1.77. The Balaban J connectivity index is 2.27. The fraction of sp³-hybridized carbons (Fsp3) is 0.0833. The van der Waals surface area contributed by atoms with Gasteiger partial charge in [-0.05, 0) is 36.8 Å². The number of carbonyl (C=O) groups is 2. The van der Waals surface area contributed by atoms with Gasteiger partial charge in [-0.1, -0.05) is 66.7 Å². The van der Waals surface area contributed by atoms with E-state index < -0.39 is 24.9 Å². The second kappa shape index (κ2) is 10.0. The smallest absolute Gasteiger partial charge is 0.353 e. The Morgan fingerprint density at radius 2 is 1.32 bits per heavy atom. The Bertz CT molecular complexity index is 1130. The van der Waals surface area contributed by atoms with Gasteiger partial charge in [-0.3, -0.25) is 9.36 Å². The van der Waals surface area contributed by atoms with Crippen LogP contribution in [0.25, 0.3) is 5.31 Å². The molecule has 0 radical (unpaired) electrons. The Morgan fingerprint density at radius 1 is 0.839 bits per heavy atom. The number of aliphatic carboxylic acids is 1. The molecule has 3 aromatic rings. The Labute approximate surface area is 180 Å². The maximum Gasteiger partial charge on any atom is 0.353 e. The number of hydrogen-bond acceptors (Lipinski definition) is 4. The molecule has 7 heteroatoms. The minimum atomic E-state index is -3.88. The zero-order valence-electron chi connectivity index (χ0n) is 16.9. The predicted molar refractivity (Wildman–Crippen MR) is 120 cm³/mol. The highest BCUT2D eigenvalue weighted by Crippen LogP contribution is 2.59. The fourth-order valence-electron chi connectivity index (χ4n) is 3.12. The van der Waals surface area contributed by atoms with Crippen molar-refractivity contribution >= 4 is 29.9 Å². The van der Waals surface area contributed by atoms with E-state index in [-0.39, 0.29) is 17.5 Å². The predicted octanol–water partition coefficient (Wildman–Crippen LogP) is 4.51. The molecule has 0 unspecified atom stereocenters. The highest BCUT2D eigenvalue weighted by atomic mass is 31.2. The van der Waals surface area contributed by atoms with Crippen LogP contribution in [-0.2, 0) is 13.9 Å². The van der Waals surface area contributed by atoms with Gasteiger partial charge in [-0.2, -0.15) is 0 Å². The molecule has 2 N–H and O–H groups in total. The monoisotopic (exact) mass is 435 g/mol. The van der Waals surface area contributed by atoms with Crippen molar-refractivity contribution in [2.24, 2.45) is 0 Å². The maximum atomic E-state index is 14.3. The van der Waals surface area contributed by atoms with Crippen LogP contribution >= 0.6 is 7.37 Å². The highest BCUT2D eigenvalue weighted by molar-refractivity contribution is 7.77. The van der Waals surface area contributed by atoms with Crippen LogP contribution in [0.3, 0.4) is 0 Å². The van der Waals surface area contributed by atoms with Gasteiger partial charge in [0.2, 0.25) is 0 Å². The highest BCUT2D eigenvalue weighted by Gasteiger charge is 2.37. The number of hydrogen-bond donors (Lipinski definition) is 2. The Hall–Kier alpha value is -3.47. The van der Waals surface area contributed by atoms with Gasteiger partial charge in [0.05, 0.1) is 11.9 Å². The molecule has 1 amide bonds. The lowest BCUT2D eigenvalue weighted by atomic mass is 10.1. The van der Waals surface area contributed by atoms with Crippen molar-refractivity contribution in [3.8, 4) is 0 Å². The van der Waals surface area contributed by atoms with E-state index in [0.29, 0.717) is 10.9 Å². The van der Waals surface area contributed by atoms with Crippen molar-refractivity contribution in [3.05, 3.63) is 108 Å². The lowest BCUT2D eigenvalue weighted by Crippen LogP contribution is -2.29. The maximum absolute atomic E-state index is 14.3. The first-order chi connectivity index (χ1) is 15.0. The second-order valence-corrected chi connectivity index (χ2v) is 8.84. The third kappa shape index (κ3) is 5.00. The van der Waals surface area contributed by atoms with Gasteiger partial charge in [0.1, 0.15) is 5.70 Å². The number of nitrogens with one attached hydrogen (secondary N) is 1. The summed E-state index contributed by atoms with van der Waals surface area (Å²) < 4.78 is 20.0. The third-order valence-electron chi connectivity index (χ3n) is 4.47. The van der Waals surface area contributed by atoms with Crippen molar-refractivity contribution in [3.63, 3.8) is 0 Å². The van der Waals surface area contributed by atoms with Gasteiger partial charge >= 0.3 is 5.97 Å². The first-order valence-corrected chi connectivity index (χ1v) is 11.3. The molecule has 3 rings (SSSR count). The van der Waals surface area contributed by atoms with Gasteiger partial charge in [-0.25, -0.2) is 4.79 Å². The van der Waals surface area contributed by atoms with Crippen LogP contribution in [0, 0.1) is 0 Å². The summed E-state index contributed by atoms with van der Waals surface area (Å²) in [5, 5.41) is 12.7. The molecule has 6 nitrogen and oxygen atoms in total. The van der Waals surface area contributed by atoms with Gasteiger partial charge in [0.15, 0.2) is 0 Å². The van der Waals surface area contributed by atoms with Crippen molar-refractivity contribution in [1.29, 1.82) is 0 Å². The van der Waals surface area contributed by atoms with Crippen LogP contribution in [0.5, 0.6) is 0 Å². The van der Waals surface area contributed by atoms with Gasteiger partial charge in [-0.15, -0.1) is 0 Å². The molecule has 0 spiro atoms. The zero-order chi connectivity index (χ0) is 22.3. The molecular formula is C24H22NO5P. The number of amides is 1. The van der Waals surface area contributed by atoms with E-state index in [1.165, 1.54) is 0 Å². The number of carboxylic acids is 1. The minimum absolute atomic E-state index is 0.0714. The summed E-state index contributed by atoms with van der Waals surface area (Å²) in [6.07, 6.45) is 0. The number of carbonyl (C=O) groups excluding carboxylic acids is 1. The van der Waals surface area contributed by atoms with Crippen molar-refractivity contribution in [2.75, 3.05) is 6.61 Å². The molecule has 0 saturated carbocycles. The van der Waals surface area contributed by atoms with Crippen LogP contribution in [0.2, 0.25) is 0 Å².